The van der Waals surface area contributed by atoms with Crippen LogP contribution in [0, 0.1) is 45.0 Å². The van der Waals surface area contributed by atoms with Crippen LogP contribution in [0.4, 0.5) is 26.3 Å². The molecule has 0 aliphatic heterocycles. The van der Waals surface area contributed by atoms with Gasteiger partial charge in [0.05, 0.1) is 15.4 Å². The third-order valence-corrected chi connectivity index (χ3v) is 4.80. The third kappa shape index (κ3) is 3.27. The molecule has 12 heteroatoms. The van der Waals surface area contributed by atoms with Crippen molar-refractivity contribution in [3.05, 3.63) is 79.9 Å². The van der Waals surface area contributed by atoms with Gasteiger partial charge in [-0.3, -0.25) is 10.1 Å². The Kier molecular flexibility index (Phi) is 5.07. The van der Waals surface area contributed by atoms with Gasteiger partial charge in [-0.25, -0.2) is 34.8 Å². The molecule has 0 saturated carbocycles. The number of nitrogens with zero attached hydrogens (tertiary/aromatic N) is 1. The molecule has 2 aromatic carbocycles. The first-order valence-electron chi connectivity index (χ1n) is 6.36. The average molecular weight is 397 g/mol. The van der Waals surface area contributed by atoms with Gasteiger partial charge < -0.3 is 0 Å². The normalized spacial score (nSPS) is 12.3. The molecule has 0 aromatic heterocycles. The van der Waals surface area contributed by atoms with E-state index in [0.29, 0.717) is 24.3 Å². The van der Waals surface area contributed by atoms with E-state index in [9.17, 15) is 44.9 Å². The van der Waals surface area contributed by atoms with Crippen molar-refractivity contribution in [2.24, 2.45) is 0 Å². The summed E-state index contributed by atoms with van der Waals surface area (Å²) in [7, 11) is -5.06. The lowest BCUT2D eigenvalue weighted by Crippen LogP contribution is -2.14. The predicted octanol–water partition coefficient (Wildman–Crippen LogP) is 3.57. The van der Waals surface area contributed by atoms with E-state index in [1.807, 2.05) is 0 Å². The number of halogens is 6. The Labute approximate surface area is 141 Å². The average Bonchev–Trinajstić information content (AvgIpc) is 2.58. The number of benzene rings is 2. The Bertz CT molecular complexity index is 1010. The molecule has 0 aliphatic carbocycles. The van der Waals surface area contributed by atoms with Crippen molar-refractivity contribution in [1.82, 2.24) is 0 Å². The Morgan fingerprint density at radius 2 is 1.27 bits per heavy atom. The highest BCUT2D eigenvalue weighted by molar-refractivity contribution is 7.95. The van der Waals surface area contributed by atoms with Crippen LogP contribution < -0.4 is 0 Å². The van der Waals surface area contributed by atoms with Gasteiger partial charge in [-0.1, -0.05) is 0 Å². The van der Waals surface area contributed by atoms with E-state index in [-0.39, 0.29) is 6.08 Å². The molecule has 0 radical (unpaired) electrons. The lowest BCUT2D eigenvalue weighted by atomic mass is 10.1. The van der Waals surface area contributed by atoms with Crippen molar-refractivity contribution in [2.45, 2.75) is 4.90 Å². The molecular weight excluding hydrogens is 392 g/mol. The summed E-state index contributed by atoms with van der Waals surface area (Å²) in [5.74, 6) is -13.1. The van der Waals surface area contributed by atoms with E-state index in [0.717, 1.165) is 0 Å². The van der Waals surface area contributed by atoms with Crippen LogP contribution in [-0.2, 0) is 9.84 Å². The maximum absolute atomic E-state index is 13.6. The topological polar surface area (TPSA) is 77.3 Å². The van der Waals surface area contributed by atoms with Gasteiger partial charge in [-0.2, -0.15) is 0 Å². The van der Waals surface area contributed by atoms with Crippen LogP contribution in [0.3, 0.4) is 0 Å². The van der Waals surface area contributed by atoms with Gasteiger partial charge in [0, 0.05) is 6.08 Å². The van der Waals surface area contributed by atoms with Crippen LogP contribution in [0.2, 0.25) is 0 Å². The minimum atomic E-state index is -5.06. The summed E-state index contributed by atoms with van der Waals surface area (Å²) in [6.45, 7) is 0. The lowest BCUT2D eigenvalue weighted by molar-refractivity contribution is -0.410. The summed E-state index contributed by atoms with van der Waals surface area (Å²) in [6, 6.07) is 2.53. The van der Waals surface area contributed by atoms with Gasteiger partial charge in [0.25, 0.3) is 9.84 Å². The number of hydrogen-bond donors (Lipinski definition) is 0. The number of sulfone groups is 1. The van der Waals surface area contributed by atoms with Crippen molar-refractivity contribution in [1.29, 1.82) is 0 Å². The summed E-state index contributed by atoms with van der Waals surface area (Å²) in [5, 5.41) is 9.16. The van der Waals surface area contributed by atoms with E-state index < -0.39 is 65.2 Å². The molecule has 0 spiro atoms. The molecule has 2 rings (SSSR count). The van der Waals surface area contributed by atoms with Gasteiger partial charge >= 0.3 is 5.03 Å². The SMILES string of the molecule is O=[N+]([O-])C(=Cc1c(F)c(F)c(F)c(F)c1F)S(=O)(=O)c1ccc(F)cc1. The van der Waals surface area contributed by atoms with Gasteiger partial charge in [-0.05, 0) is 24.3 Å². The second-order valence-electron chi connectivity index (χ2n) is 4.68. The van der Waals surface area contributed by atoms with Crippen molar-refractivity contribution in [2.75, 3.05) is 0 Å². The predicted molar refractivity (Wildman–Crippen MR) is 74.8 cm³/mol. The largest absolute Gasteiger partial charge is 0.364 e. The Morgan fingerprint density at radius 1 is 0.846 bits per heavy atom. The van der Waals surface area contributed by atoms with Gasteiger partial charge in [0.15, 0.2) is 23.3 Å². The molecule has 0 heterocycles. The second kappa shape index (κ2) is 6.78. The summed E-state index contributed by atoms with van der Waals surface area (Å²) in [4.78, 5) is 8.61. The van der Waals surface area contributed by atoms with Crippen molar-refractivity contribution in [3.8, 4) is 0 Å². The van der Waals surface area contributed by atoms with Crippen LogP contribution in [0.25, 0.3) is 6.08 Å². The Balaban J connectivity index is 2.77. The highest BCUT2D eigenvalue weighted by Gasteiger charge is 2.34. The molecule has 0 N–H and O–H groups in total. The Hall–Kier alpha value is -2.89. The molecule has 2 aromatic rings. The van der Waals surface area contributed by atoms with Gasteiger partial charge in [0.2, 0.25) is 5.82 Å². The van der Waals surface area contributed by atoms with Crippen molar-refractivity contribution < 1.29 is 39.7 Å². The summed E-state index contributed by atoms with van der Waals surface area (Å²) in [5.41, 5.74) is -1.81. The smallest absolute Gasteiger partial charge is 0.258 e. The van der Waals surface area contributed by atoms with Crippen LogP contribution in [0.5, 0.6) is 0 Å². The standard InChI is InChI=1S/C14H5F6NO4S/c15-6-1-3-7(4-2-6)26(24,25)9(21(22)23)5-8-10(16)12(18)14(20)13(19)11(8)17/h1-5H. The minimum absolute atomic E-state index is 0.297. The summed E-state index contributed by atoms with van der Waals surface area (Å²) in [6.07, 6.45) is -0.297. The molecule has 0 atom stereocenters. The van der Waals surface area contributed by atoms with E-state index >= 15 is 0 Å². The van der Waals surface area contributed by atoms with Crippen LogP contribution in [-0.4, -0.2) is 13.3 Å². The van der Waals surface area contributed by atoms with Gasteiger partial charge in [0.1, 0.15) is 5.82 Å². The van der Waals surface area contributed by atoms with Crippen LogP contribution in [0.15, 0.2) is 34.2 Å². The first-order chi connectivity index (χ1) is 12.0. The maximum Gasteiger partial charge on any atom is 0.364 e. The maximum atomic E-state index is 13.6. The fourth-order valence-electron chi connectivity index (χ4n) is 1.83. The zero-order valence-electron chi connectivity index (χ0n) is 12.1. The van der Waals surface area contributed by atoms with Gasteiger partial charge in [-0.15, -0.1) is 0 Å². The molecule has 5 nitrogen and oxygen atoms in total. The first-order valence-corrected chi connectivity index (χ1v) is 7.85. The van der Waals surface area contributed by atoms with Crippen LogP contribution >= 0.6 is 0 Å². The monoisotopic (exact) mass is 397 g/mol. The fraction of sp³-hybridized carbons (Fsp3) is 0. The molecule has 0 amide bonds. The Morgan fingerprint density at radius 3 is 1.69 bits per heavy atom. The molecule has 0 fully saturated rings. The summed E-state index contributed by atoms with van der Waals surface area (Å²) >= 11 is 0. The zero-order chi connectivity index (χ0) is 19.8. The van der Waals surface area contributed by atoms with Crippen molar-refractivity contribution in [3.63, 3.8) is 0 Å². The number of nitro groups is 1. The zero-order valence-corrected chi connectivity index (χ0v) is 13.0. The van der Waals surface area contributed by atoms with Crippen molar-refractivity contribution >= 4 is 15.9 Å². The lowest BCUT2D eigenvalue weighted by Gasteiger charge is -2.06. The molecule has 0 saturated heterocycles. The quantitative estimate of drug-likeness (QED) is 0.197. The molecule has 0 unspecified atom stereocenters. The first kappa shape index (κ1) is 19.4. The minimum Gasteiger partial charge on any atom is -0.258 e. The van der Waals surface area contributed by atoms with E-state index in [2.05, 4.69) is 0 Å². The number of hydrogen-bond acceptors (Lipinski definition) is 4. The van der Waals surface area contributed by atoms with E-state index in [4.69, 9.17) is 0 Å². The highest BCUT2D eigenvalue weighted by Crippen LogP contribution is 2.28. The van der Waals surface area contributed by atoms with E-state index in [1.54, 1.807) is 0 Å². The molecule has 26 heavy (non-hydrogen) atoms. The second-order valence-corrected chi connectivity index (χ2v) is 6.58. The molecular formula is C14H5F6NO4S. The molecule has 0 aliphatic rings. The van der Waals surface area contributed by atoms with E-state index in [1.165, 1.54) is 0 Å². The molecule has 0 bridgehead atoms. The third-order valence-electron chi connectivity index (χ3n) is 3.09. The van der Waals surface area contributed by atoms with Crippen LogP contribution in [0.1, 0.15) is 5.56 Å². The molecule has 138 valence electrons. The fourth-order valence-corrected chi connectivity index (χ4v) is 3.04. The summed E-state index contributed by atoms with van der Waals surface area (Å²) < 4.78 is 104. The highest BCUT2D eigenvalue weighted by atomic mass is 32.2. The number of rotatable bonds is 4.